The van der Waals surface area contributed by atoms with E-state index >= 15 is 0 Å². The van der Waals surface area contributed by atoms with E-state index in [1.807, 2.05) is 0 Å². The molecule has 2 aliphatic heterocycles. The fourth-order valence-electron chi connectivity index (χ4n) is 4.72. The first-order valence-electron chi connectivity index (χ1n) is 11.9. The summed E-state index contributed by atoms with van der Waals surface area (Å²) in [5, 5.41) is 18.7. The molecule has 0 spiro atoms. The van der Waals surface area contributed by atoms with Gasteiger partial charge in [-0.3, -0.25) is 9.59 Å². The number of amides is 2. The molecule has 0 saturated carbocycles. The summed E-state index contributed by atoms with van der Waals surface area (Å²) in [5.74, 6) is -2.03. The number of nitrogens with zero attached hydrogens (tertiary/aromatic N) is 2. The summed E-state index contributed by atoms with van der Waals surface area (Å²) in [7, 11) is 0. The van der Waals surface area contributed by atoms with Crippen LogP contribution in [-0.2, 0) is 19.2 Å². The second-order valence-electron chi connectivity index (χ2n) is 8.74. The van der Waals surface area contributed by atoms with E-state index in [-0.39, 0.29) is 13.2 Å². The number of carbonyl (C=O) groups excluding carboxylic acids is 2. The molecule has 0 aromatic heterocycles. The highest BCUT2D eigenvalue weighted by Gasteiger charge is 2.35. The van der Waals surface area contributed by atoms with Crippen LogP contribution in [0.15, 0.2) is 48.5 Å². The molecule has 2 atom stereocenters. The van der Waals surface area contributed by atoms with Crippen molar-refractivity contribution in [2.24, 2.45) is 0 Å². The average molecular weight is 497 g/mol. The molecule has 2 aliphatic rings. The Labute approximate surface area is 208 Å². The number of likely N-dealkylation sites (tertiary alicyclic amines) is 2. The van der Waals surface area contributed by atoms with Crippen LogP contribution in [0, 0.1) is 0 Å². The monoisotopic (exact) mass is 496 g/mol. The van der Waals surface area contributed by atoms with Gasteiger partial charge in [-0.25, -0.2) is 9.59 Å². The van der Waals surface area contributed by atoms with E-state index < -0.39 is 35.8 Å². The molecule has 10 heteroatoms. The molecule has 0 bridgehead atoms. The summed E-state index contributed by atoms with van der Waals surface area (Å²) in [6.07, 6.45) is 2.11. The Balaban J connectivity index is 1.46. The zero-order chi connectivity index (χ0) is 25.7. The number of carboxylic acids is 2. The summed E-state index contributed by atoms with van der Waals surface area (Å²) in [6, 6.07) is 12.4. The number of rotatable bonds is 9. The Kier molecular flexibility index (Phi) is 7.72. The van der Waals surface area contributed by atoms with Gasteiger partial charge >= 0.3 is 11.9 Å². The first-order valence-corrected chi connectivity index (χ1v) is 11.9. The standard InChI is InChI=1S/C26H28N2O8/c29-23(27-13-5-9-19(27)25(31)32)15-35-21-11-3-1-7-17(21)18-8-2-4-12-22(18)36-16-24(30)28-14-6-10-20(28)26(33)34/h1-4,7-8,11-12,19-20H,5-6,9-10,13-16H2,(H,31,32)(H,33,34). The summed E-state index contributed by atoms with van der Waals surface area (Å²) in [6.45, 7) is 0.137. The van der Waals surface area contributed by atoms with Gasteiger partial charge in [-0.05, 0) is 37.8 Å². The van der Waals surface area contributed by atoms with E-state index in [1.165, 1.54) is 9.80 Å². The van der Waals surface area contributed by atoms with E-state index in [4.69, 9.17) is 9.47 Å². The minimum absolute atomic E-state index is 0.312. The van der Waals surface area contributed by atoms with Crippen molar-refractivity contribution >= 4 is 23.8 Å². The number of hydrogen-bond acceptors (Lipinski definition) is 6. The fraction of sp³-hybridized carbons (Fsp3) is 0.385. The second-order valence-corrected chi connectivity index (χ2v) is 8.74. The van der Waals surface area contributed by atoms with Crippen molar-refractivity contribution in [1.82, 2.24) is 9.80 Å². The van der Waals surface area contributed by atoms with Crippen molar-refractivity contribution in [3.8, 4) is 22.6 Å². The minimum Gasteiger partial charge on any atom is -0.483 e. The Hall–Kier alpha value is -4.08. The van der Waals surface area contributed by atoms with Crippen LogP contribution in [-0.4, -0.2) is 82.2 Å². The van der Waals surface area contributed by atoms with E-state index in [0.717, 1.165) is 0 Å². The number of aliphatic carboxylic acids is 2. The van der Waals surface area contributed by atoms with Crippen molar-refractivity contribution in [2.45, 2.75) is 37.8 Å². The van der Waals surface area contributed by atoms with Crippen LogP contribution in [0.3, 0.4) is 0 Å². The number of benzene rings is 2. The van der Waals surface area contributed by atoms with Crippen molar-refractivity contribution in [1.29, 1.82) is 0 Å². The minimum atomic E-state index is -1.02. The lowest BCUT2D eigenvalue weighted by Crippen LogP contribution is -2.42. The molecule has 2 unspecified atom stereocenters. The topological polar surface area (TPSA) is 134 Å². The largest absolute Gasteiger partial charge is 0.483 e. The predicted molar refractivity (Wildman–Crippen MR) is 128 cm³/mol. The van der Waals surface area contributed by atoms with Gasteiger partial charge in [0.25, 0.3) is 11.8 Å². The van der Waals surface area contributed by atoms with E-state index in [1.54, 1.807) is 48.5 Å². The molecule has 2 N–H and O–H groups in total. The van der Waals surface area contributed by atoms with Crippen LogP contribution >= 0.6 is 0 Å². The van der Waals surface area contributed by atoms with Gasteiger partial charge in [0.05, 0.1) is 0 Å². The molecule has 0 radical (unpaired) electrons. The summed E-state index contributed by atoms with van der Waals surface area (Å²) < 4.78 is 11.6. The number of hydrogen-bond donors (Lipinski definition) is 2. The second kappa shape index (κ2) is 11.1. The van der Waals surface area contributed by atoms with Crippen molar-refractivity contribution < 1.29 is 38.9 Å². The zero-order valence-electron chi connectivity index (χ0n) is 19.7. The summed E-state index contributed by atoms with van der Waals surface area (Å²) in [5.41, 5.74) is 1.27. The molecule has 2 aromatic rings. The molecular formula is C26H28N2O8. The summed E-state index contributed by atoms with van der Waals surface area (Å²) >= 11 is 0. The molecule has 10 nitrogen and oxygen atoms in total. The maximum Gasteiger partial charge on any atom is 0.326 e. The molecule has 190 valence electrons. The SMILES string of the molecule is O=C(O)C1CCCN1C(=O)COc1ccccc1-c1ccccc1OCC(=O)N1CCCC1C(=O)O. The van der Waals surface area contributed by atoms with Crippen molar-refractivity contribution in [2.75, 3.05) is 26.3 Å². The van der Waals surface area contributed by atoms with Gasteiger partial charge in [-0.2, -0.15) is 0 Å². The predicted octanol–water partition coefficient (Wildman–Crippen LogP) is 2.26. The molecule has 2 saturated heterocycles. The number of ether oxygens (including phenoxy) is 2. The normalized spacial score (nSPS) is 19.2. The third kappa shape index (κ3) is 5.42. The zero-order valence-corrected chi connectivity index (χ0v) is 19.7. The molecular weight excluding hydrogens is 468 g/mol. The highest BCUT2D eigenvalue weighted by Crippen LogP contribution is 2.36. The smallest absolute Gasteiger partial charge is 0.326 e. The van der Waals surface area contributed by atoms with Crippen LogP contribution in [0.4, 0.5) is 0 Å². The third-order valence-corrected chi connectivity index (χ3v) is 6.48. The Morgan fingerprint density at radius 2 is 1.08 bits per heavy atom. The van der Waals surface area contributed by atoms with Crippen LogP contribution in [0.2, 0.25) is 0 Å². The van der Waals surface area contributed by atoms with Crippen LogP contribution < -0.4 is 9.47 Å². The first kappa shape index (κ1) is 25.0. The van der Waals surface area contributed by atoms with Gasteiger partial charge in [0.15, 0.2) is 13.2 Å². The molecule has 2 fully saturated rings. The highest BCUT2D eigenvalue weighted by atomic mass is 16.5. The van der Waals surface area contributed by atoms with Crippen molar-refractivity contribution in [3.63, 3.8) is 0 Å². The fourth-order valence-corrected chi connectivity index (χ4v) is 4.72. The Morgan fingerprint density at radius 3 is 1.47 bits per heavy atom. The first-order chi connectivity index (χ1) is 17.4. The molecule has 0 aliphatic carbocycles. The van der Waals surface area contributed by atoms with E-state index in [9.17, 15) is 29.4 Å². The third-order valence-electron chi connectivity index (χ3n) is 6.48. The lowest BCUT2D eigenvalue weighted by Gasteiger charge is -2.22. The van der Waals surface area contributed by atoms with Gasteiger partial charge in [-0.15, -0.1) is 0 Å². The molecule has 2 aromatic carbocycles. The lowest BCUT2D eigenvalue weighted by atomic mass is 10.0. The van der Waals surface area contributed by atoms with Gasteiger partial charge in [0.1, 0.15) is 23.6 Å². The van der Waals surface area contributed by atoms with Crippen molar-refractivity contribution in [3.05, 3.63) is 48.5 Å². The number of para-hydroxylation sites is 2. The molecule has 4 rings (SSSR count). The molecule has 2 heterocycles. The van der Waals surface area contributed by atoms with Crippen LogP contribution in [0.5, 0.6) is 11.5 Å². The van der Waals surface area contributed by atoms with Gasteiger partial charge < -0.3 is 29.5 Å². The van der Waals surface area contributed by atoms with Gasteiger partial charge in [-0.1, -0.05) is 36.4 Å². The Bertz CT molecular complexity index is 1060. The maximum atomic E-state index is 12.7. The van der Waals surface area contributed by atoms with E-state index in [0.29, 0.717) is 61.4 Å². The lowest BCUT2D eigenvalue weighted by molar-refractivity contribution is -0.149. The number of carbonyl (C=O) groups is 4. The summed E-state index contributed by atoms with van der Waals surface area (Å²) in [4.78, 5) is 50.8. The molecule has 2 amide bonds. The van der Waals surface area contributed by atoms with Gasteiger partial charge in [0.2, 0.25) is 0 Å². The van der Waals surface area contributed by atoms with E-state index in [2.05, 4.69) is 0 Å². The Morgan fingerprint density at radius 1 is 0.694 bits per heavy atom. The van der Waals surface area contributed by atoms with Gasteiger partial charge in [0, 0.05) is 24.2 Å². The maximum absolute atomic E-state index is 12.7. The highest BCUT2D eigenvalue weighted by molar-refractivity contribution is 5.86. The quantitative estimate of drug-likeness (QED) is 0.540. The molecule has 36 heavy (non-hydrogen) atoms. The number of carboxylic acid groups (broad SMARTS) is 2. The average Bonchev–Trinajstić information content (AvgIpc) is 3.57. The van der Waals surface area contributed by atoms with Crippen LogP contribution in [0.1, 0.15) is 25.7 Å². The van der Waals surface area contributed by atoms with Crippen LogP contribution in [0.25, 0.3) is 11.1 Å².